The molecule has 0 saturated carbocycles. The Labute approximate surface area is 181 Å². The van der Waals surface area contributed by atoms with Crippen LogP contribution in [0.15, 0.2) is 54.9 Å². The molecule has 156 valence electrons. The maximum atomic E-state index is 13.9. The molecule has 30 heavy (non-hydrogen) atoms. The second-order valence-corrected chi connectivity index (χ2v) is 8.08. The second-order valence-electron chi connectivity index (χ2n) is 7.64. The van der Waals surface area contributed by atoms with Gasteiger partial charge in [0, 0.05) is 23.7 Å². The summed E-state index contributed by atoms with van der Waals surface area (Å²) in [4.78, 5) is 25.5. The number of imidazole rings is 1. The molecule has 7 heteroatoms. The van der Waals surface area contributed by atoms with Crippen LogP contribution in [0, 0.1) is 0 Å². The highest BCUT2D eigenvalue weighted by Gasteiger charge is 2.38. The fourth-order valence-electron chi connectivity index (χ4n) is 4.10. The number of carbonyl (C=O) groups is 1. The van der Waals surface area contributed by atoms with E-state index >= 15 is 0 Å². The Balaban J connectivity index is 1.74. The molecule has 0 bridgehead atoms. The third-order valence-corrected chi connectivity index (χ3v) is 5.83. The van der Waals surface area contributed by atoms with Crippen LogP contribution in [-0.2, 0) is 11.2 Å². The average molecular weight is 425 g/mol. The molecule has 3 aromatic rings. The molecule has 0 radical (unpaired) electrons. The molecule has 0 unspecified atom stereocenters. The lowest BCUT2D eigenvalue weighted by atomic mass is 9.93. The molecule has 6 nitrogen and oxygen atoms in total. The molecule has 2 heterocycles. The Morgan fingerprint density at radius 2 is 1.90 bits per heavy atom. The minimum absolute atomic E-state index is 0.0387. The number of fused-ring (bicyclic) bond motifs is 1. The van der Waals surface area contributed by atoms with Gasteiger partial charge in [-0.3, -0.25) is 9.69 Å². The van der Waals surface area contributed by atoms with Crippen LogP contribution >= 0.6 is 11.6 Å². The Hall–Kier alpha value is -2.83. The van der Waals surface area contributed by atoms with E-state index in [1.807, 2.05) is 72.4 Å². The molecular formula is C23H25ClN4O2. The highest BCUT2D eigenvalue weighted by Crippen LogP contribution is 2.36. The van der Waals surface area contributed by atoms with E-state index in [2.05, 4.69) is 9.97 Å². The van der Waals surface area contributed by atoms with E-state index in [1.165, 1.54) is 0 Å². The van der Waals surface area contributed by atoms with Crippen molar-refractivity contribution in [2.45, 2.75) is 18.5 Å². The first-order valence-electron chi connectivity index (χ1n) is 9.88. The number of amides is 1. The van der Waals surface area contributed by atoms with E-state index in [0.717, 1.165) is 34.7 Å². The van der Waals surface area contributed by atoms with Crippen molar-refractivity contribution in [2.24, 2.45) is 0 Å². The monoisotopic (exact) mass is 424 g/mol. The van der Waals surface area contributed by atoms with E-state index in [4.69, 9.17) is 16.3 Å². The third-order valence-electron chi connectivity index (χ3n) is 5.58. The van der Waals surface area contributed by atoms with E-state index < -0.39 is 6.04 Å². The molecule has 1 N–H and O–H groups in total. The average Bonchev–Trinajstić information content (AvgIpc) is 3.23. The quantitative estimate of drug-likeness (QED) is 0.675. The Morgan fingerprint density at radius 3 is 2.53 bits per heavy atom. The number of carbonyl (C=O) groups excluding carboxylic acids is 1. The topological polar surface area (TPSA) is 61.5 Å². The zero-order valence-corrected chi connectivity index (χ0v) is 18.1. The minimum Gasteiger partial charge on any atom is -0.497 e. The second kappa shape index (κ2) is 8.50. The van der Waals surface area contributed by atoms with Crippen LogP contribution in [0.3, 0.4) is 0 Å². The van der Waals surface area contributed by atoms with Gasteiger partial charge in [-0.2, -0.15) is 0 Å². The van der Waals surface area contributed by atoms with Crippen LogP contribution < -0.4 is 4.74 Å². The van der Waals surface area contributed by atoms with Gasteiger partial charge in [0.05, 0.1) is 19.1 Å². The zero-order valence-electron chi connectivity index (χ0n) is 17.3. The maximum absolute atomic E-state index is 13.9. The van der Waals surface area contributed by atoms with Crippen molar-refractivity contribution in [2.75, 3.05) is 27.7 Å². The first-order chi connectivity index (χ1) is 14.5. The number of nitrogens with zero attached hydrogens (tertiary/aromatic N) is 3. The highest BCUT2D eigenvalue weighted by molar-refractivity contribution is 6.30. The number of likely N-dealkylation sites (N-methyl/N-ethyl adjacent to an activating group) is 1. The van der Waals surface area contributed by atoms with Gasteiger partial charge in [-0.05, 0) is 49.5 Å². The van der Waals surface area contributed by atoms with Gasteiger partial charge >= 0.3 is 0 Å². The zero-order chi connectivity index (χ0) is 21.3. The van der Waals surface area contributed by atoms with Crippen LogP contribution in [0.1, 0.15) is 34.6 Å². The Bertz CT molecular complexity index is 1010. The summed E-state index contributed by atoms with van der Waals surface area (Å²) in [5.41, 5.74) is 3.89. The van der Waals surface area contributed by atoms with Crippen molar-refractivity contribution in [3.05, 3.63) is 82.4 Å². The number of benzene rings is 2. The summed E-state index contributed by atoms with van der Waals surface area (Å²) < 4.78 is 5.30. The number of nitrogens with one attached hydrogen (secondary N) is 1. The number of H-pyrrole nitrogens is 1. The van der Waals surface area contributed by atoms with Gasteiger partial charge < -0.3 is 14.6 Å². The summed E-state index contributed by atoms with van der Waals surface area (Å²) in [6.45, 7) is 0.614. The van der Waals surface area contributed by atoms with Gasteiger partial charge in [0.1, 0.15) is 17.8 Å². The van der Waals surface area contributed by atoms with Crippen molar-refractivity contribution in [3.63, 3.8) is 0 Å². The van der Waals surface area contributed by atoms with Gasteiger partial charge in [-0.15, -0.1) is 0 Å². The predicted molar refractivity (Wildman–Crippen MR) is 117 cm³/mol. The molecule has 0 fully saturated rings. The number of hydrogen-bond acceptors (Lipinski definition) is 4. The van der Waals surface area contributed by atoms with Gasteiger partial charge in [0.2, 0.25) is 5.91 Å². The van der Waals surface area contributed by atoms with Crippen molar-refractivity contribution >= 4 is 17.5 Å². The number of ether oxygens (including phenoxy) is 1. The summed E-state index contributed by atoms with van der Waals surface area (Å²) >= 11 is 6.06. The van der Waals surface area contributed by atoms with Gasteiger partial charge in [-0.25, -0.2) is 4.98 Å². The SMILES string of the molecule is COc1ccc([C@@H]2c3nc[nH]c3CCN2C(=O)[C@@H](c2ccc(Cl)cc2)N(C)C)cc1. The summed E-state index contributed by atoms with van der Waals surface area (Å²) in [7, 11) is 5.48. The lowest BCUT2D eigenvalue weighted by molar-refractivity contribution is -0.138. The minimum atomic E-state index is -0.413. The summed E-state index contributed by atoms with van der Waals surface area (Å²) in [6.07, 6.45) is 2.45. The Kier molecular flexibility index (Phi) is 5.79. The van der Waals surface area contributed by atoms with Crippen LogP contribution in [-0.4, -0.2) is 53.4 Å². The van der Waals surface area contributed by atoms with E-state index in [0.29, 0.717) is 11.6 Å². The molecule has 1 aliphatic rings. The molecular weight excluding hydrogens is 400 g/mol. The molecule has 1 amide bonds. The van der Waals surface area contributed by atoms with E-state index in [9.17, 15) is 4.79 Å². The fourth-order valence-corrected chi connectivity index (χ4v) is 4.23. The van der Waals surface area contributed by atoms with E-state index in [-0.39, 0.29) is 11.9 Å². The Morgan fingerprint density at radius 1 is 1.20 bits per heavy atom. The highest BCUT2D eigenvalue weighted by atomic mass is 35.5. The maximum Gasteiger partial charge on any atom is 0.245 e. The predicted octanol–water partition coefficient (Wildman–Crippen LogP) is 3.85. The summed E-state index contributed by atoms with van der Waals surface area (Å²) in [5.74, 6) is 0.818. The largest absolute Gasteiger partial charge is 0.497 e. The molecule has 1 aliphatic heterocycles. The van der Waals surface area contributed by atoms with Gasteiger partial charge in [0.15, 0.2) is 0 Å². The molecule has 2 aromatic carbocycles. The van der Waals surface area contributed by atoms with Crippen LogP contribution in [0.4, 0.5) is 0 Å². The van der Waals surface area contributed by atoms with Crippen LogP contribution in [0.2, 0.25) is 5.02 Å². The smallest absolute Gasteiger partial charge is 0.245 e. The van der Waals surface area contributed by atoms with Crippen molar-refractivity contribution in [3.8, 4) is 5.75 Å². The number of methoxy groups -OCH3 is 1. The summed E-state index contributed by atoms with van der Waals surface area (Å²) in [6, 6.07) is 14.6. The number of halogens is 1. The lowest BCUT2D eigenvalue weighted by Gasteiger charge is -2.39. The number of aromatic amines is 1. The molecule has 4 rings (SSSR count). The molecule has 1 aromatic heterocycles. The molecule has 2 atom stereocenters. The first kappa shape index (κ1) is 20.4. The molecule has 0 spiro atoms. The first-order valence-corrected chi connectivity index (χ1v) is 10.3. The summed E-state index contributed by atoms with van der Waals surface area (Å²) in [5, 5.41) is 0.652. The number of hydrogen-bond donors (Lipinski definition) is 1. The van der Waals surface area contributed by atoms with Crippen molar-refractivity contribution in [1.82, 2.24) is 19.8 Å². The van der Waals surface area contributed by atoms with Gasteiger partial charge in [-0.1, -0.05) is 35.9 Å². The third kappa shape index (κ3) is 3.80. The van der Waals surface area contributed by atoms with Crippen molar-refractivity contribution < 1.29 is 9.53 Å². The fraction of sp³-hybridized carbons (Fsp3) is 0.304. The van der Waals surface area contributed by atoms with Gasteiger partial charge in [0.25, 0.3) is 0 Å². The standard InChI is InChI=1S/C23H25ClN4O2/c1-27(2)22(16-4-8-17(24)9-5-16)23(29)28-13-12-19-20(26-14-25-19)21(28)15-6-10-18(30-3)11-7-15/h4-11,14,21-22H,12-13H2,1-3H3,(H,25,26)/t21-,22-/m1/s1. The number of aromatic nitrogens is 2. The lowest BCUT2D eigenvalue weighted by Crippen LogP contribution is -2.46. The number of rotatable bonds is 5. The van der Waals surface area contributed by atoms with Crippen LogP contribution in [0.25, 0.3) is 0 Å². The van der Waals surface area contributed by atoms with E-state index in [1.54, 1.807) is 13.4 Å². The normalized spacial score (nSPS) is 17.0. The van der Waals surface area contributed by atoms with Crippen molar-refractivity contribution in [1.29, 1.82) is 0 Å². The molecule has 0 aliphatic carbocycles. The van der Waals surface area contributed by atoms with Crippen LogP contribution in [0.5, 0.6) is 5.75 Å². The molecule has 0 saturated heterocycles.